The summed E-state index contributed by atoms with van der Waals surface area (Å²) in [6.07, 6.45) is 4.06. The molecule has 0 heterocycles. The van der Waals surface area contributed by atoms with Crippen molar-refractivity contribution < 1.29 is 10.0 Å². The molecule has 2 unspecified atom stereocenters. The molecule has 0 aliphatic heterocycles. The number of hydrogen-bond acceptors (Lipinski definition) is 3. The average molecular weight is 142 g/mol. The van der Waals surface area contributed by atoms with Crippen LogP contribution in [0.2, 0.25) is 0 Å². The fourth-order valence-corrected chi connectivity index (χ4v) is 1.00. The summed E-state index contributed by atoms with van der Waals surface area (Å²) < 4.78 is 0. The van der Waals surface area contributed by atoms with Crippen molar-refractivity contribution in [2.45, 2.75) is 12.5 Å². The van der Waals surface area contributed by atoms with Gasteiger partial charge >= 0.3 is 0 Å². The summed E-state index contributed by atoms with van der Waals surface area (Å²) in [5.74, 6) is -0.635. The lowest BCUT2D eigenvalue weighted by Crippen LogP contribution is -2.27. The molecule has 2 atom stereocenters. The zero-order chi connectivity index (χ0) is 7.56. The second-order valence-electron chi connectivity index (χ2n) is 2.37. The fraction of sp³-hybridized carbons (Fsp3) is 0.500. The molecule has 1 aliphatic rings. The minimum absolute atomic E-state index is 0.0395. The van der Waals surface area contributed by atoms with Crippen LogP contribution in [0.5, 0.6) is 0 Å². The highest BCUT2D eigenvalue weighted by Gasteiger charge is 2.21. The van der Waals surface area contributed by atoms with Crippen molar-refractivity contribution in [3.63, 3.8) is 0 Å². The van der Waals surface area contributed by atoms with Gasteiger partial charge in [-0.15, -0.1) is 0 Å². The third-order valence-corrected chi connectivity index (χ3v) is 1.56. The first-order valence-electron chi connectivity index (χ1n) is 3.12. The molecule has 10 heavy (non-hydrogen) atoms. The highest BCUT2D eigenvalue weighted by molar-refractivity contribution is 5.79. The third kappa shape index (κ3) is 1.34. The number of nitrogens with two attached hydrogens (primary N) is 1. The quantitative estimate of drug-likeness (QED) is 0.260. The Morgan fingerprint density at radius 2 is 2.40 bits per heavy atom. The molecule has 0 aromatic heterocycles. The Labute approximate surface area is 58.7 Å². The molecule has 4 heteroatoms. The summed E-state index contributed by atoms with van der Waals surface area (Å²) in [4.78, 5) is 10.7. The van der Waals surface area contributed by atoms with Gasteiger partial charge in [-0.05, 0) is 6.42 Å². The molecule has 0 aromatic carbocycles. The van der Waals surface area contributed by atoms with Crippen LogP contribution >= 0.6 is 0 Å². The minimum atomic E-state index is -0.385. The molecule has 56 valence electrons. The molecule has 0 aromatic rings. The van der Waals surface area contributed by atoms with Gasteiger partial charge in [-0.1, -0.05) is 12.2 Å². The van der Waals surface area contributed by atoms with Gasteiger partial charge in [-0.2, -0.15) is 0 Å². The van der Waals surface area contributed by atoms with Crippen LogP contribution in [0.25, 0.3) is 0 Å². The SMILES string of the molecule is NC1C=CC(C(=O)NO)C1. The van der Waals surface area contributed by atoms with E-state index in [0.29, 0.717) is 6.42 Å². The van der Waals surface area contributed by atoms with Crippen molar-refractivity contribution >= 4 is 5.91 Å². The average Bonchev–Trinajstić information content (AvgIpc) is 2.34. The number of rotatable bonds is 1. The lowest BCUT2D eigenvalue weighted by Gasteiger charge is -2.04. The van der Waals surface area contributed by atoms with E-state index >= 15 is 0 Å². The topological polar surface area (TPSA) is 75.4 Å². The Morgan fingerprint density at radius 1 is 1.70 bits per heavy atom. The molecule has 4 N–H and O–H groups in total. The Morgan fingerprint density at radius 3 is 2.80 bits per heavy atom. The molecule has 0 spiro atoms. The van der Waals surface area contributed by atoms with Crippen molar-refractivity contribution in [3.05, 3.63) is 12.2 Å². The highest BCUT2D eigenvalue weighted by Crippen LogP contribution is 2.15. The summed E-state index contributed by atoms with van der Waals surface area (Å²) >= 11 is 0. The summed E-state index contributed by atoms with van der Waals surface area (Å²) in [5, 5.41) is 8.21. The largest absolute Gasteiger partial charge is 0.324 e. The first-order valence-corrected chi connectivity index (χ1v) is 3.12. The maximum Gasteiger partial charge on any atom is 0.250 e. The fourth-order valence-electron chi connectivity index (χ4n) is 1.00. The molecule has 1 amide bonds. The molecular formula is C6H10N2O2. The van der Waals surface area contributed by atoms with Gasteiger partial charge in [0.05, 0.1) is 5.92 Å². The van der Waals surface area contributed by atoms with Crippen LogP contribution in [0, 0.1) is 5.92 Å². The van der Waals surface area contributed by atoms with Gasteiger partial charge in [0.1, 0.15) is 0 Å². The second-order valence-corrected chi connectivity index (χ2v) is 2.37. The maximum absolute atomic E-state index is 10.7. The van der Waals surface area contributed by atoms with Crippen LogP contribution in [-0.4, -0.2) is 17.2 Å². The zero-order valence-corrected chi connectivity index (χ0v) is 5.45. The van der Waals surface area contributed by atoms with Crippen molar-refractivity contribution in [2.75, 3.05) is 0 Å². The van der Waals surface area contributed by atoms with E-state index in [1.165, 1.54) is 0 Å². The van der Waals surface area contributed by atoms with Gasteiger partial charge in [0.25, 0.3) is 0 Å². The molecular weight excluding hydrogens is 132 g/mol. The Balaban J connectivity index is 2.46. The third-order valence-electron chi connectivity index (χ3n) is 1.56. The smallest absolute Gasteiger partial charge is 0.250 e. The van der Waals surface area contributed by atoms with Gasteiger partial charge in [-0.25, -0.2) is 5.48 Å². The van der Waals surface area contributed by atoms with E-state index < -0.39 is 0 Å². The monoisotopic (exact) mass is 142 g/mol. The summed E-state index contributed by atoms with van der Waals surface area (Å²) in [6, 6.07) is -0.0395. The van der Waals surface area contributed by atoms with Crippen LogP contribution in [-0.2, 0) is 4.79 Å². The number of carbonyl (C=O) groups excluding carboxylic acids is 1. The van der Waals surface area contributed by atoms with E-state index in [0.717, 1.165) is 0 Å². The lowest BCUT2D eigenvalue weighted by molar-refractivity contribution is -0.131. The molecule has 0 fully saturated rings. The standard InChI is InChI=1S/C6H10N2O2/c7-5-2-1-4(3-5)6(9)8-10/h1-2,4-5,10H,3,7H2,(H,8,9). The number of hydroxylamine groups is 1. The molecule has 0 saturated carbocycles. The number of hydrogen-bond donors (Lipinski definition) is 3. The van der Waals surface area contributed by atoms with E-state index in [2.05, 4.69) is 0 Å². The maximum atomic E-state index is 10.7. The van der Waals surface area contributed by atoms with E-state index in [4.69, 9.17) is 10.9 Å². The van der Waals surface area contributed by atoms with Crippen LogP contribution in [0.1, 0.15) is 6.42 Å². The molecule has 0 bridgehead atoms. The van der Waals surface area contributed by atoms with Crippen LogP contribution in [0.3, 0.4) is 0 Å². The molecule has 1 rings (SSSR count). The van der Waals surface area contributed by atoms with Gasteiger partial charge in [-0.3, -0.25) is 10.0 Å². The van der Waals surface area contributed by atoms with E-state index in [9.17, 15) is 4.79 Å². The molecule has 1 aliphatic carbocycles. The predicted octanol–water partition coefficient (Wildman–Crippen LogP) is -0.605. The van der Waals surface area contributed by atoms with Crippen molar-refractivity contribution in [3.8, 4) is 0 Å². The Bertz CT molecular complexity index is 167. The van der Waals surface area contributed by atoms with E-state index in [1.54, 1.807) is 17.6 Å². The molecule has 0 saturated heterocycles. The second kappa shape index (κ2) is 2.81. The predicted molar refractivity (Wildman–Crippen MR) is 35.2 cm³/mol. The lowest BCUT2D eigenvalue weighted by atomic mass is 10.1. The Kier molecular flexibility index (Phi) is 2.03. The number of amides is 1. The van der Waals surface area contributed by atoms with E-state index in [1.807, 2.05) is 0 Å². The van der Waals surface area contributed by atoms with Crippen LogP contribution in [0.4, 0.5) is 0 Å². The summed E-state index contributed by atoms with van der Waals surface area (Å²) in [5.41, 5.74) is 7.05. The normalized spacial score (nSPS) is 30.6. The van der Waals surface area contributed by atoms with Crippen molar-refractivity contribution in [1.29, 1.82) is 0 Å². The highest BCUT2D eigenvalue weighted by atomic mass is 16.5. The van der Waals surface area contributed by atoms with Gasteiger partial charge in [0.2, 0.25) is 5.91 Å². The first-order chi connectivity index (χ1) is 4.74. The molecule has 0 radical (unpaired) electrons. The first kappa shape index (κ1) is 7.24. The number of carbonyl (C=O) groups is 1. The van der Waals surface area contributed by atoms with Crippen LogP contribution < -0.4 is 11.2 Å². The summed E-state index contributed by atoms with van der Waals surface area (Å²) in [6.45, 7) is 0. The summed E-state index contributed by atoms with van der Waals surface area (Å²) in [7, 11) is 0. The van der Waals surface area contributed by atoms with Gasteiger partial charge < -0.3 is 5.73 Å². The zero-order valence-electron chi connectivity index (χ0n) is 5.45. The number of nitrogens with one attached hydrogen (secondary N) is 1. The van der Waals surface area contributed by atoms with E-state index in [-0.39, 0.29) is 17.9 Å². The van der Waals surface area contributed by atoms with Gasteiger partial charge in [0.15, 0.2) is 0 Å². The van der Waals surface area contributed by atoms with Gasteiger partial charge in [0, 0.05) is 6.04 Å². The van der Waals surface area contributed by atoms with Crippen molar-refractivity contribution in [1.82, 2.24) is 5.48 Å². The molecule has 4 nitrogen and oxygen atoms in total. The van der Waals surface area contributed by atoms with Crippen molar-refractivity contribution in [2.24, 2.45) is 11.7 Å². The Hall–Kier alpha value is -0.870. The minimum Gasteiger partial charge on any atom is -0.324 e. The van der Waals surface area contributed by atoms with Crippen LogP contribution in [0.15, 0.2) is 12.2 Å².